The van der Waals surface area contributed by atoms with Crippen LogP contribution in [0, 0.1) is 12.8 Å². The lowest BCUT2D eigenvalue weighted by Gasteiger charge is -2.34. The molecule has 2 N–H and O–H groups in total. The zero-order valence-electron chi connectivity index (χ0n) is 11.4. The molecule has 0 bridgehead atoms. The Morgan fingerprint density at radius 1 is 1.35 bits per heavy atom. The first-order valence-corrected chi connectivity index (χ1v) is 7.50. The fourth-order valence-corrected chi connectivity index (χ4v) is 3.88. The molecule has 0 radical (unpaired) electrons. The third-order valence-corrected chi connectivity index (χ3v) is 5.18. The standard InChI is InChI=1S/C14H24N2S/c1-9(2)12-11(4)17-13(16-12)14(15)7-5-10(3)6-8-14/h9-10H,5-8,15H2,1-4H3. The number of hydrogen-bond donors (Lipinski definition) is 1. The molecule has 2 rings (SSSR count). The highest BCUT2D eigenvalue weighted by atomic mass is 32.1. The summed E-state index contributed by atoms with van der Waals surface area (Å²) in [5.74, 6) is 1.34. The largest absolute Gasteiger partial charge is 0.319 e. The molecule has 0 amide bonds. The van der Waals surface area contributed by atoms with Gasteiger partial charge in [0.1, 0.15) is 5.01 Å². The van der Waals surface area contributed by atoms with Gasteiger partial charge in [-0.15, -0.1) is 11.3 Å². The zero-order valence-corrected chi connectivity index (χ0v) is 12.2. The molecule has 0 aliphatic heterocycles. The van der Waals surface area contributed by atoms with Gasteiger partial charge in [-0.2, -0.15) is 0 Å². The van der Waals surface area contributed by atoms with Crippen molar-refractivity contribution >= 4 is 11.3 Å². The number of nitrogens with zero attached hydrogens (tertiary/aromatic N) is 1. The molecule has 1 aromatic rings. The van der Waals surface area contributed by atoms with Gasteiger partial charge in [0.15, 0.2) is 0 Å². The Morgan fingerprint density at radius 3 is 2.41 bits per heavy atom. The van der Waals surface area contributed by atoms with Crippen molar-refractivity contribution in [2.24, 2.45) is 11.7 Å². The van der Waals surface area contributed by atoms with Crippen molar-refractivity contribution < 1.29 is 0 Å². The van der Waals surface area contributed by atoms with Crippen molar-refractivity contribution in [3.05, 3.63) is 15.6 Å². The van der Waals surface area contributed by atoms with Crippen molar-refractivity contribution in [1.29, 1.82) is 0 Å². The average molecular weight is 252 g/mol. The molecule has 0 unspecified atom stereocenters. The third-order valence-electron chi connectivity index (χ3n) is 3.97. The number of hydrogen-bond acceptors (Lipinski definition) is 3. The Balaban J connectivity index is 2.24. The van der Waals surface area contributed by atoms with Gasteiger partial charge in [0.2, 0.25) is 0 Å². The molecule has 3 heteroatoms. The van der Waals surface area contributed by atoms with Crippen LogP contribution in [0.2, 0.25) is 0 Å². The van der Waals surface area contributed by atoms with E-state index in [1.807, 2.05) is 11.3 Å². The first-order valence-electron chi connectivity index (χ1n) is 6.69. The molecule has 1 aliphatic rings. The van der Waals surface area contributed by atoms with Gasteiger partial charge in [-0.1, -0.05) is 20.8 Å². The minimum Gasteiger partial charge on any atom is -0.319 e. The van der Waals surface area contributed by atoms with Gasteiger partial charge >= 0.3 is 0 Å². The number of aromatic nitrogens is 1. The molecule has 1 heterocycles. The van der Waals surface area contributed by atoms with E-state index in [1.165, 1.54) is 28.4 Å². The quantitative estimate of drug-likeness (QED) is 0.866. The molecule has 17 heavy (non-hydrogen) atoms. The second-order valence-corrected chi connectivity index (χ2v) is 7.16. The summed E-state index contributed by atoms with van der Waals surface area (Å²) in [6, 6.07) is 0. The first kappa shape index (κ1) is 13.0. The van der Waals surface area contributed by atoms with Gasteiger partial charge < -0.3 is 5.73 Å². The van der Waals surface area contributed by atoms with Crippen LogP contribution in [0.1, 0.15) is 68.0 Å². The van der Waals surface area contributed by atoms with Crippen LogP contribution >= 0.6 is 11.3 Å². The van der Waals surface area contributed by atoms with Gasteiger partial charge in [-0.05, 0) is 44.4 Å². The van der Waals surface area contributed by atoms with E-state index in [2.05, 4.69) is 27.7 Å². The second-order valence-electron chi connectivity index (χ2n) is 5.95. The molecule has 2 nitrogen and oxygen atoms in total. The molecule has 0 atom stereocenters. The van der Waals surface area contributed by atoms with Crippen LogP contribution in [-0.4, -0.2) is 4.98 Å². The molecular formula is C14H24N2S. The fourth-order valence-electron chi connectivity index (χ4n) is 2.65. The maximum absolute atomic E-state index is 6.57. The highest BCUT2D eigenvalue weighted by Gasteiger charge is 2.35. The van der Waals surface area contributed by atoms with E-state index >= 15 is 0 Å². The first-order chi connectivity index (χ1) is 7.92. The smallest absolute Gasteiger partial charge is 0.113 e. The SMILES string of the molecule is Cc1sc(C2(N)CCC(C)CC2)nc1C(C)C. The number of rotatable bonds is 2. The molecular weight excluding hydrogens is 228 g/mol. The Morgan fingerprint density at radius 2 is 1.94 bits per heavy atom. The zero-order chi connectivity index (χ0) is 12.6. The van der Waals surface area contributed by atoms with E-state index in [4.69, 9.17) is 10.7 Å². The lowest BCUT2D eigenvalue weighted by Crippen LogP contribution is -2.40. The number of thiazole rings is 1. The van der Waals surface area contributed by atoms with Gasteiger partial charge in [0.05, 0.1) is 11.2 Å². The Labute approximate surface area is 109 Å². The molecule has 1 aliphatic carbocycles. The third kappa shape index (κ3) is 2.55. The van der Waals surface area contributed by atoms with Crippen LogP contribution in [-0.2, 0) is 5.54 Å². The van der Waals surface area contributed by atoms with Crippen molar-refractivity contribution in [2.75, 3.05) is 0 Å². The summed E-state index contributed by atoms with van der Waals surface area (Å²) in [6.07, 6.45) is 4.68. The average Bonchev–Trinajstić information content (AvgIpc) is 2.66. The van der Waals surface area contributed by atoms with Gasteiger partial charge in [-0.3, -0.25) is 0 Å². The molecule has 0 aromatic carbocycles. The Hall–Kier alpha value is -0.410. The number of nitrogens with two attached hydrogens (primary N) is 1. The maximum Gasteiger partial charge on any atom is 0.113 e. The topological polar surface area (TPSA) is 38.9 Å². The van der Waals surface area contributed by atoms with Crippen LogP contribution in [0.4, 0.5) is 0 Å². The van der Waals surface area contributed by atoms with E-state index in [1.54, 1.807) is 0 Å². The second kappa shape index (κ2) is 4.69. The lowest BCUT2D eigenvalue weighted by molar-refractivity contribution is 0.247. The van der Waals surface area contributed by atoms with Gasteiger partial charge in [0.25, 0.3) is 0 Å². The summed E-state index contributed by atoms with van der Waals surface area (Å²) in [5.41, 5.74) is 7.67. The normalized spacial score (nSPS) is 29.9. The van der Waals surface area contributed by atoms with E-state index in [-0.39, 0.29) is 5.54 Å². The summed E-state index contributed by atoms with van der Waals surface area (Å²) in [4.78, 5) is 6.17. The monoisotopic (exact) mass is 252 g/mol. The van der Waals surface area contributed by atoms with Crippen LogP contribution < -0.4 is 5.73 Å². The van der Waals surface area contributed by atoms with E-state index in [0.717, 1.165) is 18.8 Å². The number of aryl methyl sites for hydroxylation is 1. The van der Waals surface area contributed by atoms with Crippen molar-refractivity contribution in [3.8, 4) is 0 Å². The minimum atomic E-state index is -0.144. The molecule has 96 valence electrons. The summed E-state index contributed by atoms with van der Waals surface area (Å²) in [5, 5.41) is 1.17. The molecule has 1 saturated carbocycles. The maximum atomic E-state index is 6.57. The van der Waals surface area contributed by atoms with Crippen LogP contribution in [0.25, 0.3) is 0 Å². The summed E-state index contributed by atoms with van der Waals surface area (Å²) in [6.45, 7) is 8.91. The van der Waals surface area contributed by atoms with Crippen LogP contribution in [0.15, 0.2) is 0 Å². The van der Waals surface area contributed by atoms with Crippen LogP contribution in [0.5, 0.6) is 0 Å². The van der Waals surface area contributed by atoms with Gasteiger partial charge in [-0.25, -0.2) is 4.98 Å². The van der Waals surface area contributed by atoms with E-state index < -0.39 is 0 Å². The van der Waals surface area contributed by atoms with E-state index in [9.17, 15) is 0 Å². The fraction of sp³-hybridized carbons (Fsp3) is 0.786. The Kier molecular flexibility index (Phi) is 3.60. The Bertz CT molecular complexity index is 387. The predicted octanol–water partition coefficient (Wildman–Crippen LogP) is 3.94. The predicted molar refractivity (Wildman–Crippen MR) is 74.4 cm³/mol. The molecule has 0 saturated heterocycles. The minimum absolute atomic E-state index is 0.144. The molecule has 1 aromatic heterocycles. The van der Waals surface area contributed by atoms with Gasteiger partial charge in [0, 0.05) is 4.88 Å². The van der Waals surface area contributed by atoms with Crippen LogP contribution in [0.3, 0.4) is 0 Å². The lowest BCUT2D eigenvalue weighted by atomic mass is 9.78. The van der Waals surface area contributed by atoms with Crippen molar-refractivity contribution in [3.63, 3.8) is 0 Å². The highest BCUT2D eigenvalue weighted by Crippen LogP contribution is 2.40. The summed E-state index contributed by atoms with van der Waals surface area (Å²) < 4.78 is 0. The summed E-state index contributed by atoms with van der Waals surface area (Å²) in [7, 11) is 0. The molecule has 0 spiro atoms. The van der Waals surface area contributed by atoms with Crippen molar-refractivity contribution in [1.82, 2.24) is 4.98 Å². The molecule has 1 fully saturated rings. The van der Waals surface area contributed by atoms with Crippen molar-refractivity contribution in [2.45, 2.75) is 64.8 Å². The summed E-state index contributed by atoms with van der Waals surface area (Å²) >= 11 is 1.81. The van der Waals surface area contributed by atoms with E-state index in [0.29, 0.717) is 5.92 Å². The highest BCUT2D eigenvalue weighted by molar-refractivity contribution is 7.11.